The van der Waals surface area contributed by atoms with Crippen LogP contribution in [0.15, 0.2) is 30.5 Å². The van der Waals surface area contributed by atoms with Crippen molar-refractivity contribution in [3.8, 4) is 5.75 Å². The monoisotopic (exact) mass is 298 g/mol. The molecular weight excluding hydrogens is 279 g/mol. The van der Waals surface area contributed by atoms with Gasteiger partial charge in [-0.3, -0.25) is 9.88 Å². The SMILES string of the molecule is COc1c(F)ccc2cnc(C3=CC4CCC(C3)N4C)cc12. The van der Waals surface area contributed by atoms with Crippen LogP contribution in [0, 0.1) is 5.82 Å². The highest BCUT2D eigenvalue weighted by molar-refractivity contribution is 5.90. The van der Waals surface area contributed by atoms with Crippen LogP contribution in [0.4, 0.5) is 4.39 Å². The summed E-state index contributed by atoms with van der Waals surface area (Å²) in [5, 5.41) is 1.69. The van der Waals surface area contributed by atoms with Crippen LogP contribution < -0.4 is 4.74 Å². The first kappa shape index (κ1) is 13.7. The fourth-order valence-corrected chi connectivity index (χ4v) is 3.78. The number of fused-ring (bicyclic) bond motifs is 3. The second-order valence-corrected chi connectivity index (χ2v) is 6.23. The lowest BCUT2D eigenvalue weighted by Gasteiger charge is -2.30. The molecule has 2 aliphatic heterocycles. The van der Waals surface area contributed by atoms with Gasteiger partial charge in [0, 0.05) is 29.1 Å². The largest absolute Gasteiger partial charge is 0.493 e. The lowest BCUT2D eigenvalue weighted by atomic mass is 9.97. The minimum absolute atomic E-state index is 0.303. The fraction of sp³-hybridized carbons (Fsp3) is 0.389. The van der Waals surface area contributed by atoms with Crippen LogP contribution in [0.1, 0.15) is 25.0 Å². The molecule has 3 nitrogen and oxygen atoms in total. The third-order valence-corrected chi connectivity index (χ3v) is 5.08. The van der Waals surface area contributed by atoms with Crippen molar-refractivity contribution in [1.29, 1.82) is 0 Å². The molecule has 1 fully saturated rings. The molecule has 114 valence electrons. The van der Waals surface area contributed by atoms with E-state index in [1.165, 1.54) is 31.6 Å². The molecule has 2 unspecified atom stereocenters. The van der Waals surface area contributed by atoms with Gasteiger partial charge in [0.15, 0.2) is 11.6 Å². The van der Waals surface area contributed by atoms with Crippen LogP contribution in [-0.2, 0) is 0 Å². The molecule has 4 rings (SSSR count). The van der Waals surface area contributed by atoms with Gasteiger partial charge in [-0.05, 0) is 50.1 Å². The molecule has 0 N–H and O–H groups in total. The smallest absolute Gasteiger partial charge is 0.165 e. The number of pyridine rings is 1. The third-order valence-electron chi connectivity index (χ3n) is 5.08. The van der Waals surface area contributed by atoms with Crippen molar-refractivity contribution in [1.82, 2.24) is 9.88 Å². The Morgan fingerprint density at radius 3 is 2.95 bits per heavy atom. The van der Waals surface area contributed by atoms with Crippen molar-refractivity contribution >= 4 is 16.3 Å². The molecule has 0 spiro atoms. The number of benzene rings is 1. The quantitative estimate of drug-likeness (QED) is 0.846. The summed E-state index contributed by atoms with van der Waals surface area (Å²) in [6.07, 6.45) is 7.61. The highest BCUT2D eigenvalue weighted by atomic mass is 19.1. The normalized spacial score (nSPS) is 24.6. The average Bonchev–Trinajstić information content (AvgIpc) is 2.76. The van der Waals surface area contributed by atoms with Crippen LogP contribution in [0.3, 0.4) is 0 Å². The molecule has 3 heterocycles. The van der Waals surface area contributed by atoms with Gasteiger partial charge in [0.1, 0.15) is 0 Å². The molecule has 2 aliphatic rings. The van der Waals surface area contributed by atoms with Crippen LogP contribution in [-0.4, -0.2) is 36.1 Å². The van der Waals surface area contributed by atoms with Gasteiger partial charge in [-0.2, -0.15) is 0 Å². The van der Waals surface area contributed by atoms with E-state index in [0.29, 0.717) is 17.8 Å². The van der Waals surface area contributed by atoms with Crippen molar-refractivity contribution in [3.05, 3.63) is 42.0 Å². The number of nitrogens with zero attached hydrogens (tertiary/aromatic N) is 2. The first-order valence-corrected chi connectivity index (χ1v) is 7.72. The van der Waals surface area contributed by atoms with Gasteiger partial charge < -0.3 is 4.74 Å². The summed E-state index contributed by atoms with van der Waals surface area (Å²) >= 11 is 0. The van der Waals surface area contributed by atoms with E-state index in [1.54, 1.807) is 6.07 Å². The summed E-state index contributed by atoms with van der Waals surface area (Å²) in [5.74, 6) is -0.0257. The van der Waals surface area contributed by atoms with Gasteiger partial charge >= 0.3 is 0 Å². The second kappa shape index (κ2) is 5.06. The van der Waals surface area contributed by atoms with E-state index in [2.05, 4.69) is 23.0 Å². The number of ether oxygens (including phenoxy) is 1. The zero-order chi connectivity index (χ0) is 15.3. The number of hydrogen-bond donors (Lipinski definition) is 0. The van der Waals surface area contributed by atoms with Crippen LogP contribution in [0.5, 0.6) is 5.75 Å². The van der Waals surface area contributed by atoms with E-state index in [4.69, 9.17) is 4.74 Å². The standard InChI is InChI=1S/C18H19FN2O/c1-21-13-4-5-14(21)8-12(7-13)17-9-15-11(10-20-17)3-6-16(19)18(15)22-2/h3,6-7,9-10,13-14H,4-5,8H2,1-2H3. The van der Waals surface area contributed by atoms with E-state index in [0.717, 1.165) is 22.9 Å². The zero-order valence-corrected chi connectivity index (χ0v) is 12.8. The Bertz CT molecular complexity index is 771. The van der Waals surface area contributed by atoms with Gasteiger partial charge in [-0.1, -0.05) is 6.08 Å². The van der Waals surface area contributed by atoms with Gasteiger partial charge in [0.25, 0.3) is 0 Å². The summed E-state index contributed by atoms with van der Waals surface area (Å²) < 4.78 is 19.2. The number of rotatable bonds is 2. The molecule has 22 heavy (non-hydrogen) atoms. The molecule has 0 amide bonds. The molecular formula is C18H19FN2O. The van der Waals surface area contributed by atoms with Gasteiger partial charge in [-0.15, -0.1) is 0 Å². The number of halogens is 1. The van der Waals surface area contributed by atoms with E-state index in [1.807, 2.05) is 12.3 Å². The zero-order valence-electron chi connectivity index (χ0n) is 12.8. The highest BCUT2D eigenvalue weighted by Crippen LogP contribution is 2.38. The van der Waals surface area contributed by atoms with Gasteiger partial charge in [0.05, 0.1) is 12.8 Å². The number of likely N-dealkylation sites (N-methyl/N-ethyl adjacent to an activating group) is 1. The molecule has 2 atom stereocenters. The van der Waals surface area contributed by atoms with Crippen molar-refractivity contribution in [2.24, 2.45) is 0 Å². The Hall–Kier alpha value is -1.94. The molecule has 1 aromatic carbocycles. The third kappa shape index (κ3) is 2.02. The topological polar surface area (TPSA) is 25.4 Å². The predicted molar refractivity (Wildman–Crippen MR) is 85.4 cm³/mol. The summed E-state index contributed by atoms with van der Waals surface area (Å²) in [6.45, 7) is 0. The molecule has 2 bridgehead atoms. The molecule has 0 aliphatic carbocycles. The Balaban J connectivity index is 1.82. The van der Waals surface area contributed by atoms with Crippen LogP contribution in [0.2, 0.25) is 0 Å². The van der Waals surface area contributed by atoms with Crippen molar-refractivity contribution in [3.63, 3.8) is 0 Å². The predicted octanol–water partition coefficient (Wildman–Crippen LogP) is 3.63. The summed E-state index contributed by atoms with van der Waals surface area (Å²) in [7, 11) is 3.70. The highest BCUT2D eigenvalue weighted by Gasteiger charge is 2.34. The minimum Gasteiger partial charge on any atom is -0.493 e. The fourth-order valence-electron chi connectivity index (χ4n) is 3.78. The summed E-state index contributed by atoms with van der Waals surface area (Å²) in [6, 6.07) is 6.26. The van der Waals surface area contributed by atoms with Crippen molar-refractivity contribution < 1.29 is 9.13 Å². The van der Waals surface area contributed by atoms with Crippen molar-refractivity contribution in [2.45, 2.75) is 31.3 Å². The summed E-state index contributed by atoms with van der Waals surface area (Å²) in [4.78, 5) is 7.04. The number of aromatic nitrogens is 1. The minimum atomic E-state index is -0.329. The van der Waals surface area contributed by atoms with Crippen LogP contribution >= 0.6 is 0 Å². The lowest BCUT2D eigenvalue weighted by molar-refractivity contribution is 0.264. The van der Waals surface area contributed by atoms with Crippen molar-refractivity contribution in [2.75, 3.05) is 14.2 Å². The van der Waals surface area contributed by atoms with Crippen LogP contribution in [0.25, 0.3) is 16.3 Å². The average molecular weight is 298 g/mol. The maximum absolute atomic E-state index is 13.9. The molecule has 2 aromatic rings. The Morgan fingerprint density at radius 1 is 1.32 bits per heavy atom. The van der Waals surface area contributed by atoms with E-state index in [-0.39, 0.29) is 5.82 Å². The number of hydrogen-bond acceptors (Lipinski definition) is 3. The number of methoxy groups -OCH3 is 1. The molecule has 1 aromatic heterocycles. The Labute approximate surface area is 129 Å². The molecule has 4 heteroatoms. The Kier molecular flexibility index (Phi) is 3.15. The Morgan fingerprint density at radius 2 is 2.18 bits per heavy atom. The van der Waals surface area contributed by atoms with E-state index in [9.17, 15) is 4.39 Å². The van der Waals surface area contributed by atoms with Gasteiger partial charge in [-0.25, -0.2) is 4.39 Å². The van der Waals surface area contributed by atoms with E-state index >= 15 is 0 Å². The lowest BCUT2D eigenvalue weighted by Crippen LogP contribution is -2.34. The first-order chi connectivity index (χ1) is 10.7. The second-order valence-electron chi connectivity index (χ2n) is 6.23. The van der Waals surface area contributed by atoms with Gasteiger partial charge in [0.2, 0.25) is 0 Å². The maximum Gasteiger partial charge on any atom is 0.165 e. The molecule has 1 saturated heterocycles. The molecule has 0 saturated carbocycles. The first-order valence-electron chi connectivity index (χ1n) is 7.72. The maximum atomic E-state index is 13.9. The van der Waals surface area contributed by atoms with E-state index < -0.39 is 0 Å². The summed E-state index contributed by atoms with van der Waals surface area (Å²) in [5.41, 5.74) is 2.22. The molecule has 0 radical (unpaired) electrons.